The fraction of sp³-hybridized carbons (Fsp3) is 0.393. The van der Waals surface area contributed by atoms with Gasteiger partial charge in [-0.15, -0.1) is 0 Å². The van der Waals surface area contributed by atoms with Crippen molar-refractivity contribution in [2.75, 3.05) is 30.8 Å². The average molecular weight is 543 g/mol. The van der Waals surface area contributed by atoms with E-state index in [2.05, 4.69) is 31.2 Å². The molecule has 1 aliphatic heterocycles. The Labute approximate surface area is 225 Å². The normalized spacial score (nSPS) is 14.3. The van der Waals surface area contributed by atoms with Gasteiger partial charge in [-0.3, -0.25) is 4.79 Å². The van der Waals surface area contributed by atoms with E-state index >= 15 is 0 Å². The van der Waals surface area contributed by atoms with Crippen molar-refractivity contribution in [3.05, 3.63) is 64.8 Å². The highest BCUT2D eigenvalue weighted by Crippen LogP contribution is 2.39. The Balaban J connectivity index is 1.72. The number of aromatic nitrogens is 2. The Bertz CT molecular complexity index is 1320. The maximum absolute atomic E-state index is 13.9. The molecular weight excluding hydrogens is 509 g/mol. The van der Waals surface area contributed by atoms with Gasteiger partial charge in [0, 0.05) is 13.2 Å². The number of para-hydroxylation sites is 1. The summed E-state index contributed by atoms with van der Waals surface area (Å²) in [5.41, 5.74) is 2.09. The second kappa shape index (κ2) is 11.9. The minimum Gasteiger partial charge on any atom is -0.489 e. The lowest BCUT2D eigenvalue weighted by molar-refractivity contribution is -0.137. The predicted molar refractivity (Wildman–Crippen MR) is 145 cm³/mol. The third-order valence-corrected chi connectivity index (χ3v) is 6.50. The summed E-state index contributed by atoms with van der Waals surface area (Å²) in [7, 11) is 1.45. The molecule has 8 nitrogen and oxygen atoms in total. The highest BCUT2D eigenvalue weighted by atomic mass is 19.4. The molecule has 0 unspecified atom stereocenters. The second-order valence-corrected chi connectivity index (χ2v) is 9.72. The smallest absolute Gasteiger partial charge is 0.421 e. The van der Waals surface area contributed by atoms with Gasteiger partial charge in [0.2, 0.25) is 5.95 Å². The van der Waals surface area contributed by atoms with Crippen LogP contribution in [-0.4, -0.2) is 42.1 Å². The minimum absolute atomic E-state index is 0.0504. The highest BCUT2D eigenvalue weighted by molar-refractivity contribution is 6.00. The number of nitrogens with zero attached hydrogens (tertiary/aromatic N) is 2. The van der Waals surface area contributed by atoms with Gasteiger partial charge in [-0.1, -0.05) is 12.1 Å². The zero-order valence-electron chi connectivity index (χ0n) is 22.4. The first-order chi connectivity index (χ1) is 18.6. The molecule has 11 heteroatoms. The number of amides is 1. The van der Waals surface area contributed by atoms with Crippen molar-refractivity contribution in [2.45, 2.75) is 51.8 Å². The van der Waals surface area contributed by atoms with Crippen LogP contribution in [-0.2, 0) is 6.18 Å². The van der Waals surface area contributed by atoms with Crippen LogP contribution in [0.5, 0.6) is 5.75 Å². The quantitative estimate of drug-likeness (QED) is 0.281. The van der Waals surface area contributed by atoms with Gasteiger partial charge in [0.25, 0.3) is 5.91 Å². The van der Waals surface area contributed by atoms with Gasteiger partial charge < -0.3 is 26.0 Å². The topological polar surface area (TPSA) is 100 Å². The first kappa shape index (κ1) is 28.2. The molecule has 1 saturated heterocycles. The lowest BCUT2D eigenvalue weighted by Crippen LogP contribution is -2.27. The van der Waals surface area contributed by atoms with Crippen molar-refractivity contribution in [2.24, 2.45) is 0 Å². The fourth-order valence-corrected chi connectivity index (χ4v) is 4.64. The van der Waals surface area contributed by atoms with E-state index in [-0.39, 0.29) is 23.3 Å². The van der Waals surface area contributed by atoms with Crippen LogP contribution in [0.15, 0.2) is 42.6 Å². The number of aryl methyl sites for hydroxylation is 1. The molecule has 2 heterocycles. The zero-order chi connectivity index (χ0) is 28.2. The van der Waals surface area contributed by atoms with Crippen LogP contribution in [0.4, 0.5) is 36.3 Å². The SMILES string of the molecule is CNC(=O)c1ccccc1Nc1nc(Nc2cc(C)c(C3CCNCC3)cc2OC(C)C)ncc1C(F)(F)F. The van der Waals surface area contributed by atoms with E-state index in [1.54, 1.807) is 12.1 Å². The molecule has 0 bridgehead atoms. The largest absolute Gasteiger partial charge is 0.489 e. The number of carbonyl (C=O) groups is 1. The van der Waals surface area contributed by atoms with Crippen LogP contribution in [0, 0.1) is 6.92 Å². The van der Waals surface area contributed by atoms with Gasteiger partial charge in [0.15, 0.2) is 0 Å². The fourth-order valence-electron chi connectivity index (χ4n) is 4.64. The molecule has 1 aromatic heterocycles. The first-order valence-electron chi connectivity index (χ1n) is 12.9. The molecule has 2 aromatic carbocycles. The number of hydrogen-bond donors (Lipinski definition) is 4. The van der Waals surface area contributed by atoms with Crippen LogP contribution in [0.25, 0.3) is 0 Å². The molecule has 208 valence electrons. The second-order valence-electron chi connectivity index (χ2n) is 9.72. The summed E-state index contributed by atoms with van der Waals surface area (Å²) in [6.45, 7) is 7.73. The number of halogens is 3. The number of anilines is 4. The number of alkyl halides is 3. The monoisotopic (exact) mass is 542 g/mol. The van der Waals surface area contributed by atoms with Crippen molar-refractivity contribution in [3.8, 4) is 5.75 Å². The van der Waals surface area contributed by atoms with Crippen molar-refractivity contribution >= 4 is 29.0 Å². The van der Waals surface area contributed by atoms with E-state index in [1.165, 1.54) is 24.7 Å². The van der Waals surface area contributed by atoms with Crippen LogP contribution in [0.2, 0.25) is 0 Å². The summed E-state index contributed by atoms with van der Waals surface area (Å²) in [4.78, 5) is 20.4. The molecule has 1 fully saturated rings. The summed E-state index contributed by atoms with van der Waals surface area (Å²) in [5, 5.41) is 11.6. The van der Waals surface area contributed by atoms with Gasteiger partial charge in [-0.2, -0.15) is 18.2 Å². The molecule has 1 amide bonds. The molecule has 0 aliphatic carbocycles. The molecule has 4 rings (SSSR count). The summed E-state index contributed by atoms with van der Waals surface area (Å²) < 4.78 is 47.7. The maximum atomic E-state index is 13.9. The van der Waals surface area contributed by atoms with E-state index in [4.69, 9.17) is 4.74 Å². The third kappa shape index (κ3) is 6.78. The number of carbonyl (C=O) groups excluding carboxylic acids is 1. The van der Waals surface area contributed by atoms with Crippen LogP contribution < -0.4 is 26.0 Å². The summed E-state index contributed by atoms with van der Waals surface area (Å²) in [6, 6.07) is 10.2. The van der Waals surface area contributed by atoms with E-state index in [9.17, 15) is 18.0 Å². The van der Waals surface area contributed by atoms with Crippen molar-refractivity contribution in [1.29, 1.82) is 0 Å². The van der Waals surface area contributed by atoms with Gasteiger partial charge in [-0.05, 0) is 88.0 Å². The Morgan fingerprint density at radius 3 is 2.49 bits per heavy atom. The molecule has 0 atom stereocenters. The Hall–Kier alpha value is -3.86. The molecule has 0 spiro atoms. The van der Waals surface area contributed by atoms with Gasteiger partial charge >= 0.3 is 6.18 Å². The third-order valence-electron chi connectivity index (χ3n) is 6.50. The molecule has 0 saturated carbocycles. The average Bonchev–Trinajstić information content (AvgIpc) is 2.89. The molecule has 39 heavy (non-hydrogen) atoms. The first-order valence-corrected chi connectivity index (χ1v) is 12.9. The van der Waals surface area contributed by atoms with E-state index in [0.717, 1.165) is 37.7 Å². The van der Waals surface area contributed by atoms with E-state index in [0.29, 0.717) is 17.4 Å². The van der Waals surface area contributed by atoms with Crippen molar-refractivity contribution in [3.63, 3.8) is 0 Å². The molecule has 4 N–H and O–H groups in total. The zero-order valence-corrected chi connectivity index (χ0v) is 22.4. The number of nitrogens with one attached hydrogen (secondary N) is 4. The molecule has 1 aliphatic rings. The van der Waals surface area contributed by atoms with Crippen LogP contribution in [0.3, 0.4) is 0 Å². The van der Waals surface area contributed by atoms with Crippen molar-refractivity contribution < 1.29 is 22.7 Å². The number of rotatable bonds is 8. The molecular formula is C28H33F3N6O2. The number of benzene rings is 2. The van der Waals surface area contributed by atoms with Gasteiger partial charge in [0.1, 0.15) is 17.1 Å². The van der Waals surface area contributed by atoms with E-state index in [1.807, 2.05) is 32.9 Å². The van der Waals surface area contributed by atoms with Crippen molar-refractivity contribution in [1.82, 2.24) is 20.6 Å². The van der Waals surface area contributed by atoms with Crippen LogP contribution >= 0.6 is 0 Å². The number of hydrogen-bond acceptors (Lipinski definition) is 7. The van der Waals surface area contributed by atoms with Crippen LogP contribution in [0.1, 0.15) is 59.7 Å². The van der Waals surface area contributed by atoms with Gasteiger partial charge in [-0.25, -0.2) is 4.98 Å². The predicted octanol–water partition coefficient (Wildman–Crippen LogP) is 5.90. The molecule has 3 aromatic rings. The lowest BCUT2D eigenvalue weighted by Gasteiger charge is -2.26. The Morgan fingerprint density at radius 2 is 1.82 bits per heavy atom. The minimum atomic E-state index is -4.72. The maximum Gasteiger partial charge on any atom is 0.421 e. The Kier molecular flexibility index (Phi) is 8.59. The summed E-state index contributed by atoms with van der Waals surface area (Å²) >= 11 is 0. The summed E-state index contributed by atoms with van der Waals surface area (Å²) in [6.07, 6.45) is -2.09. The highest BCUT2D eigenvalue weighted by Gasteiger charge is 2.36. The number of piperidine rings is 1. The van der Waals surface area contributed by atoms with Gasteiger partial charge in [0.05, 0.1) is 23.0 Å². The summed E-state index contributed by atoms with van der Waals surface area (Å²) in [5.74, 6) is -0.00412. The van der Waals surface area contributed by atoms with E-state index < -0.39 is 23.5 Å². The number of ether oxygens (including phenoxy) is 1. The molecule has 0 radical (unpaired) electrons. The lowest BCUT2D eigenvalue weighted by atomic mass is 9.87. The standard InChI is InChI=1S/C28H33F3N6O2/c1-16(2)39-24-14-20(18-9-11-33-12-10-18)17(3)13-23(24)36-27-34-15-21(28(29,30)31)25(37-27)35-22-8-6-5-7-19(22)26(38)32-4/h5-8,13-16,18,33H,9-12H2,1-4H3,(H,32,38)(H2,34,35,36,37). The Morgan fingerprint density at radius 1 is 1.10 bits per heavy atom.